The molecule has 1 fully saturated rings. The van der Waals surface area contributed by atoms with E-state index in [1.54, 1.807) is 18.2 Å². The fourth-order valence-electron chi connectivity index (χ4n) is 3.12. The van der Waals surface area contributed by atoms with Gasteiger partial charge in [-0.2, -0.15) is 10.5 Å². The van der Waals surface area contributed by atoms with Gasteiger partial charge in [0.25, 0.3) is 0 Å². The zero-order chi connectivity index (χ0) is 19.1. The molecule has 3 rings (SSSR count). The molecule has 2 N–H and O–H groups in total. The molecule has 2 aromatic rings. The number of hydrogen-bond acceptors (Lipinski definition) is 6. The molecule has 6 nitrogen and oxygen atoms in total. The third-order valence-electron chi connectivity index (χ3n) is 4.46. The van der Waals surface area contributed by atoms with Gasteiger partial charge in [0.2, 0.25) is 0 Å². The van der Waals surface area contributed by atoms with Gasteiger partial charge in [0.1, 0.15) is 29.5 Å². The number of benzene rings is 1. The smallest absolute Gasteiger partial charge is 0.174 e. The van der Waals surface area contributed by atoms with Gasteiger partial charge in [-0.1, -0.05) is 19.3 Å². The fourth-order valence-corrected chi connectivity index (χ4v) is 3.48. The molecule has 7 heteroatoms. The highest BCUT2D eigenvalue weighted by atomic mass is 79.9. The number of rotatable bonds is 6. The first-order valence-corrected chi connectivity index (χ1v) is 9.73. The molecule has 0 amide bonds. The van der Waals surface area contributed by atoms with Crippen molar-refractivity contribution in [2.45, 2.75) is 38.1 Å². The van der Waals surface area contributed by atoms with Crippen LogP contribution in [-0.2, 0) is 0 Å². The molecule has 1 aromatic carbocycles. The van der Waals surface area contributed by atoms with Crippen molar-refractivity contribution in [1.82, 2.24) is 4.98 Å². The summed E-state index contributed by atoms with van der Waals surface area (Å²) in [4.78, 5) is 4.60. The maximum absolute atomic E-state index is 9.38. The van der Waals surface area contributed by atoms with Crippen LogP contribution in [0.25, 0.3) is 0 Å². The molecule has 1 heterocycles. The van der Waals surface area contributed by atoms with E-state index in [-0.39, 0.29) is 6.61 Å². The molecule has 0 bridgehead atoms. The lowest BCUT2D eigenvalue weighted by Gasteiger charge is -2.24. The van der Waals surface area contributed by atoms with E-state index in [2.05, 4.69) is 37.6 Å². The number of ether oxygens (including phenoxy) is 1. The van der Waals surface area contributed by atoms with Crippen LogP contribution in [-0.4, -0.2) is 17.6 Å². The van der Waals surface area contributed by atoms with Gasteiger partial charge in [-0.3, -0.25) is 0 Å². The summed E-state index contributed by atoms with van der Waals surface area (Å²) in [6.45, 7) is -0.0212. The van der Waals surface area contributed by atoms with Crippen molar-refractivity contribution in [3.8, 4) is 17.9 Å². The SMILES string of the molecule is N#CCOc1cc(Nc2ccc(C#N)c(NC3CCCCC3)n2)ccc1Br. The van der Waals surface area contributed by atoms with E-state index in [0.717, 1.165) is 23.0 Å². The second kappa shape index (κ2) is 9.25. The second-order valence-corrected chi connectivity index (χ2v) is 7.26. The summed E-state index contributed by atoms with van der Waals surface area (Å²) in [5.74, 6) is 1.84. The second-order valence-electron chi connectivity index (χ2n) is 6.40. The monoisotopic (exact) mass is 425 g/mol. The van der Waals surface area contributed by atoms with E-state index < -0.39 is 0 Å². The Morgan fingerprint density at radius 3 is 2.70 bits per heavy atom. The quantitative estimate of drug-likeness (QED) is 0.667. The van der Waals surface area contributed by atoms with E-state index in [9.17, 15) is 5.26 Å². The van der Waals surface area contributed by atoms with Crippen LogP contribution in [0.1, 0.15) is 37.7 Å². The minimum absolute atomic E-state index is 0.0212. The number of pyridine rings is 1. The van der Waals surface area contributed by atoms with Gasteiger partial charge in [0.15, 0.2) is 6.61 Å². The molecule has 0 radical (unpaired) electrons. The van der Waals surface area contributed by atoms with Crippen molar-refractivity contribution in [2.24, 2.45) is 0 Å². The summed E-state index contributed by atoms with van der Waals surface area (Å²) in [5, 5.41) is 24.7. The van der Waals surface area contributed by atoms with E-state index in [0.29, 0.717) is 29.0 Å². The van der Waals surface area contributed by atoms with Crippen LogP contribution < -0.4 is 15.4 Å². The number of nitrogens with one attached hydrogen (secondary N) is 2. The molecule has 1 aliphatic rings. The standard InChI is InChI=1S/C20H20BrN5O/c21-17-8-7-16(12-18(17)27-11-10-22)24-19-9-6-14(13-23)20(26-19)25-15-4-2-1-3-5-15/h6-9,12,15H,1-5,11H2,(H2,24,25,26). The topological polar surface area (TPSA) is 93.8 Å². The molecule has 138 valence electrons. The maximum Gasteiger partial charge on any atom is 0.174 e. The lowest BCUT2D eigenvalue weighted by atomic mass is 9.95. The summed E-state index contributed by atoms with van der Waals surface area (Å²) in [5.41, 5.74) is 1.33. The first-order chi connectivity index (χ1) is 13.2. The van der Waals surface area contributed by atoms with Gasteiger partial charge in [0.05, 0.1) is 10.0 Å². The number of hydrogen-bond donors (Lipinski definition) is 2. The predicted octanol–water partition coefficient (Wildman–Crippen LogP) is 5.11. The van der Waals surface area contributed by atoms with Gasteiger partial charge < -0.3 is 15.4 Å². The Labute approximate surface area is 167 Å². The third-order valence-corrected chi connectivity index (χ3v) is 5.11. The molecule has 1 aromatic heterocycles. The first-order valence-electron chi connectivity index (χ1n) is 8.93. The molecule has 0 saturated heterocycles. The van der Waals surface area contributed by atoms with E-state index in [1.807, 2.05) is 18.2 Å². The summed E-state index contributed by atoms with van der Waals surface area (Å²) < 4.78 is 6.18. The predicted molar refractivity (Wildman–Crippen MR) is 108 cm³/mol. The van der Waals surface area contributed by atoms with Crippen LogP contribution in [0.15, 0.2) is 34.8 Å². The fraction of sp³-hybridized carbons (Fsp3) is 0.350. The van der Waals surface area contributed by atoms with Crippen molar-refractivity contribution in [3.05, 3.63) is 40.4 Å². The van der Waals surface area contributed by atoms with E-state index in [1.165, 1.54) is 19.3 Å². The molecular weight excluding hydrogens is 406 g/mol. The zero-order valence-corrected chi connectivity index (χ0v) is 16.4. The first kappa shape index (κ1) is 19.0. The van der Waals surface area contributed by atoms with Gasteiger partial charge in [0, 0.05) is 17.8 Å². The summed E-state index contributed by atoms with van der Waals surface area (Å²) in [6, 6.07) is 13.6. The number of anilines is 3. The highest BCUT2D eigenvalue weighted by Crippen LogP contribution is 2.30. The Morgan fingerprint density at radius 2 is 1.96 bits per heavy atom. The van der Waals surface area contributed by atoms with Gasteiger partial charge >= 0.3 is 0 Å². The van der Waals surface area contributed by atoms with E-state index >= 15 is 0 Å². The molecular formula is C20H20BrN5O. The van der Waals surface area contributed by atoms with Crippen LogP contribution in [0.3, 0.4) is 0 Å². The van der Waals surface area contributed by atoms with Crippen LogP contribution in [0.5, 0.6) is 5.75 Å². The normalized spacial score (nSPS) is 14.0. The van der Waals surface area contributed by atoms with Crippen molar-refractivity contribution in [3.63, 3.8) is 0 Å². The minimum atomic E-state index is -0.0212. The van der Waals surface area contributed by atoms with E-state index in [4.69, 9.17) is 10.00 Å². The molecule has 0 atom stereocenters. The zero-order valence-electron chi connectivity index (χ0n) is 14.8. The highest BCUT2D eigenvalue weighted by molar-refractivity contribution is 9.10. The van der Waals surface area contributed by atoms with Crippen molar-refractivity contribution in [2.75, 3.05) is 17.2 Å². The number of aromatic nitrogens is 1. The largest absolute Gasteiger partial charge is 0.477 e. The molecule has 0 spiro atoms. The average Bonchev–Trinajstić information content (AvgIpc) is 2.69. The Bertz CT molecular complexity index is 881. The summed E-state index contributed by atoms with van der Waals surface area (Å²) in [6.07, 6.45) is 5.91. The molecule has 0 aliphatic heterocycles. The lowest BCUT2D eigenvalue weighted by Crippen LogP contribution is -2.23. The highest BCUT2D eigenvalue weighted by Gasteiger charge is 2.16. The van der Waals surface area contributed by atoms with Crippen molar-refractivity contribution in [1.29, 1.82) is 10.5 Å². The molecule has 27 heavy (non-hydrogen) atoms. The number of nitrogens with zero attached hydrogens (tertiary/aromatic N) is 3. The van der Waals surface area contributed by atoms with Gasteiger partial charge in [-0.25, -0.2) is 4.98 Å². The molecule has 1 aliphatic carbocycles. The Balaban J connectivity index is 1.78. The van der Waals surface area contributed by atoms with Gasteiger partial charge in [-0.05, 0) is 53.0 Å². The molecule has 1 saturated carbocycles. The Hall–Kier alpha value is -2.77. The summed E-state index contributed by atoms with van der Waals surface area (Å²) >= 11 is 3.41. The Morgan fingerprint density at radius 1 is 1.15 bits per heavy atom. The van der Waals surface area contributed by atoms with Crippen LogP contribution in [0.2, 0.25) is 0 Å². The summed E-state index contributed by atoms with van der Waals surface area (Å²) in [7, 11) is 0. The lowest BCUT2D eigenvalue weighted by molar-refractivity contribution is 0.366. The maximum atomic E-state index is 9.38. The number of nitriles is 2. The van der Waals surface area contributed by atoms with Crippen LogP contribution in [0.4, 0.5) is 17.3 Å². The van der Waals surface area contributed by atoms with Crippen LogP contribution >= 0.6 is 15.9 Å². The van der Waals surface area contributed by atoms with Crippen molar-refractivity contribution >= 4 is 33.3 Å². The van der Waals surface area contributed by atoms with Gasteiger partial charge in [-0.15, -0.1) is 0 Å². The molecule has 0 unspecified atom stereocenters. The third kappa shape index (κ3) is 5.12. The van der Waals surface area contributed by atoms with Crippen molar-refractivity contribution < 1.29 is 4.74 Å². The average molecular weight is 426 g/mol. The van der Waals surface area contributed by atoms with Crippen LogP contribution in [0, 0.1) is 22.7 Å². The minimum Gasteiger partial charge on any atom is -0.477 e. The Kier molecular flexibility index (Phi) is 6.51. The number of halogens is 1.